The van der Waals surface area contributed by atoms with Crippen LogP contribution in [0.3, 0.4) is 0 Å². The molecule has 2 aliphatic rings. The summed E-state index contributed by atoms with van der Waals surface area (Å²) in [5.41, 5.74) is 2.85. The first kappa shape index (κ1) is 15.1. The molecule has 4 rings (SSSR count). The van der Waals surface area contributed by atoms with E-state index in [9.17, 15) is 4.79 Å². The van der Waals surface area contributed by atoms with E-state index < -0.39 is 0 Å². The lowest BCUT2D eigenvalue weighted by molar-refractivity contribution is 0.0771. The van der Waals surface area contributed by atoms with E-state index in [-0.39, 0.29) is 5.91 Å². The van der Waals surface area contributed by atoms with Gasteiger partial charge in [0.05, 0.1) is 0 Å². The monoisotopic (exact) mass is 326 g/mol. The maximum Gasteiger partial charge on any atom is 0.272 e. The fourth-order valence-electron chi connectivity index (χ4n) is 3.92. The molecule has 0 aliphatic carbocycles. The molecule has 0 N–H and O–H groups in total. The molecule has 7 nitrogen and oxygen atoms in total. The molecule has 0 bridgehead atoms. The topological polar surface area (TPSA) is 67.2 Å². The molecule has 0 spiro atoms. The minimum Gasteiger partial charge on any atom is -0.356 e. The van der Waals surface area contributed by atoms with Crippen LogP contribution in [0.25, 0.3) is 0 Å². The lowest BCUT2D eigenvalue weighted by Crippen LogP contribution is -2.34. The molecule has 2 aliphatic heterocycles. The van der Waals surface area contributed by atoms with Crippen molar-refractivity contribution < 1.29 is 4.79 Å². The molecule has 4 heterocycles. The third-order valence-corrected chi connectivity index (χ3v) is 5.42. The van der Waals surface area contributed by atoms with E-state index >= 15 is 0 Å². The summed E-state index contributed by atoms with van der Waals surface area (Å²) in [7, 11) is 1.81. The molecule has 2 atom stereocenters. The highest BCUT2D eigenvalue weighted by Crippen LogP contribution is 2.35. The first-order valence-electron chi connectivity index (χ1n) is 8.35. The Morgan fingerprint density at radius 2 is 1.83 bits per heavy atom. The molecule has 0 radical (unpaired) electrons. The fraction of sp³-hybridized carbons (Fsp3) is 0.529. The molecular weight excluding hydrogens is 304 g/mol. The second-order valence-electron chi connectivity index (χ2n) is 6.88. The number of aryl methyl sites for hydroxylation is 2. The Morgan fingerprint density at radius 3 is 2.46 bits per heavy atom. The molecule has 2 fully saturated rings. The molecule has 24 heavy (non-hydrogen) atoms. The molecule has 1 amide bonds. The van der Waals surface area contributed by atoms with Crippen molar-refractivity contribution in [3.63, 3.8) is 0 Å². The third kappa shape index (κ3) is 2.35. The number of rotatable bonds is 2. The summed E-state index contributed by atoms with van der Waals surface area (Å²) in [5, 5.41) is 4.10. The average molecular weight is 326 g/mol. The SMILES string of the molecule is Cc1ncnc(N2CC3CN(C(=O)c4ccnn4C)CC3C2)c1C. The van der Waals surface area contributed by atoms with E-state index in [1.807, 2.05) is 18.9 Å². The Hall–Kier alpha value is -2.44. The van der Waals surface area contributed by atoms with E-state index in [2.05, 4.69) is 26.9 Å². The van der Waals surface area contributed by atoms with Gasteiger partial charge < -0.3 is 9.80 Å². The van der Waals surface area contributed by atoms with Crippen LogP contribution in [-0.4, -0.2) is 56.7 Å². The van der Waals surface area contributed by atoms with Gasteiger partial charge in [-0.3, -0.25) is 9.48 Å². The van der Waals surface area contributed by atoms with E-state index in [4.69, 9.17) is 0 Å². The van der Waals surface area contributed by atoms with Crippen LogP contribution in [0.15, 0.2) is 18.6 Å². The lowest BCUT2D eigenvalue weighted by Gasteiger charge is -2.23. The van der Waals surface area contributed by atoms with Crippen molar-refractivity contribution in [2.45, 2.75) is 13.8 Å². The molecule has 2 aromatic heterocycles. The summed E-state index contributed by atoms with van der Waals surface area (Å²) in [6, 6.07) is 1.79. The summed E-state index contributed by atoms with van der Waals surface area (Å²) in [5.74, 6) is 2.15. The van der Waals surface area contributed by atoms with Crippen LogP contribution < -0.4 is 4.90 Å². The lowest BCUT2D eigenvalue weighted by atomic mass is 10.0. The molecule has 0 aromatic carbocycles. The van der Waals surface area contributed by atoms with Crippen LogP contribution in [-0.2, 0) is 7.05 Å². The van der Waals surface area contributed by atoms with Gasteiger partial charge in [0.2, 0.25) is 0 Å². The van der Waals surface area contributed by atoms with Gasteiger partial charge in [-0.05, 0) is 19.9 Å². The third-order valence-electron chi connectivity index (χ3n) is 5.42. The highest BCUT2D eigenvalue weighted by atomic mass is 16.2. The summed E-state index contributed by atoms with van der Waals surface area (Å²) >= 11 is 0. The van der Waals surface area contributed by atoms with Crippen molar-refractivity contribution in [3.05, 3.63) is 35.5 Å². The van der Waals surface area contributed by atoms with E-state index in [0.717, 1.165) is 43.3 Å². The number of likely N-dealkylation sites (tertiary alicyclic amines) is 1. The summed E-state index contributed by atoms with van der Waals surface area (Å²) < 4.78 is 1.65. The van der Waals surface area contributed by atoms with Gasteiger partial charge in [0, 0.05) is 62.5 Å². The number of hydrogen-bond donors (Lipinski definition) is 0. The maximum absolute atomic E-state index is 12.6. The Bertz CT molecular complexity index is 771. The van der Waals surface area contributed by atoms with Gasteiger partial charge in [0.25, 0.3) is 5.91 Å². The first-order chi connectivity index (χ1) is 11.5. The van der Waals surface area contributed by atoms with Crippen molar-refractivity contribution in [2.75, 3.05) is 31.1 Å². The number of fused-ring (bicyclic) bond motifs is 1. The van der Waals surface area contributed by atoms with E-state index in [0.29, 0.717) is 17.5 Å². The average Bonchev–Trinajstić information content (AvgIpc) is 3.23. The van der Waals surface area contributed by atoms with Gasteiger partial charge in [-0.15, -0.1) is 0 Å². The molecule has 0 saturated carbocycles. The molecular formula is C17H22N6O. The minimum atomic E-state index is 0.0880. The zero-order chi connectivity index (χ0) is 16.8. The van der Waals surface area contributed by atoms with Crippen LogP contribution >= 0.6 is 0 Å². The van der Waals surface area contributed by atoms with Gasteiger partial charge in [0.1, 0.15) is 17.8 Å². The number of carbonyl (C=O) groups is 1. The number of aromatic nitrogens is 4. The van der Waals surface area contributed by atoms with Crippen molar-refractivity contribution in [1.82, 2.24) is 24.6 Å². The van der Waals surface area contributed by atoms with Crippen molar-refractivity contribution >= 4 is 11.7 Å². The number of carbonyl (C=O) groups excluding carboxylic acids is 1. The number of nitrogens with zero attached hydrogens (tertiary/aromatic N) is 6. The zero-order valence-corrected chi connectivity index (χ0v) is 14.3. The Morgan fingerprint density at radius 1 is 1.12 bits per heavy atom. The number of hydrogen-bond acceptors (Lipinski definition) is 5. The Balaban J connectivity index is 1.46. The van der Waals surface area contributed by atoms with Gasteiger partial charge in [-0.25, -0.2) is 9.97 Å². The molecule has 2 saturated heterocycles. The van der Waals surface area contributed by atoms with Gasteiger partial charge >= 0.3 is 0 Å². The van der Waals surface area contributed by atoms with Crippen molar-refractivity contribution in [1.29, 1.82) is 0 Å². The van der Waals surface area contributed by atoms with E-state index in [1.54, 1.807) is 23.3 Å². The highest BCUT2D eigenvalue weighted by molar-refractivity contribution is 5.92. The van der Waals surface area contributed by atoms with Gasteiger partial charge in [0.15, 0.2) is 0 Å². The molecule has 2 unspecified atom stereocenters. The van der Waals surface area contributed by atoms with Crippen LogP contribution in [0.4, 0.5) is 5.82 Å². The predicted octanol–water partition coefficient (Wildman–Crippen LogP) is 1.04. The van der Waals surface area contributed by atoms with Crippen LogP contribution in [0.2, 0.25) is 0 Å². The Kier molecular flexibility index (Phi) is 3.51. The van der Waals surface area contributed by atoms with Crippen molar-refractivity contribution in [2.24, 2.45) is 18.9 Å². The van der Waals surface area contributed by atoms with Crippen LogP contribution in [0.1, 0.15) is 21.7 Å². The minimum absolute atomic E-state index is 0.0880. The largest absolute Gasteiger partial charge is 0.356 e. The standard InChI is InChI=1S/C17H22N6O/c1-11-12(2)18-10-19-16(11)22-6-13-8-23(9-14(13)7-22)17(24)15-4-5-20-21(15)3/h4-5,10,13-14H,6-9H2,1-3H3. The quantitative estimate of drug-likeness (QED) is 0.825. The molecule has 126 valence electrons. The molecule has 7 heteroatoms. The normalized spacial score (nSPS) is 23.0. The van der Waals surface area contributed by atoms with E-state index in [1.165, 1.54) is 0 Å². The van der Waals surface area contributed by atoms with Crippen molar-refractivity contribution in [3.8, 4) is 0 Å². The first-order valence-corrected chi connectivity index (χ1v) is 8.35. The second-order valence-corrected chi connectivity index (χ2v) is 6.88. The number of amides is 1. The second kappa shape index (κ2) is 5.58. The Labute approximate surface area is 141 Å². The fourth-order valence-corrected chi connectivity index (χ4v) is 3.92. The predicted molar refractivity (Wildman–Crippen MR) is 89.8 cm³/mol. The summed E-state index contributed by atoms with van der Waals surface area (Å²) in [6.45, 7) is 7.64. The maximum atomic E-state index is 12.6. The van der Waals surface area contributed by atoms with Crippen LogP contribution in [0.5, 0.6) is 0 Å². The number of anilines is 1. The van der Waals surface area contributed by atoms with Gasteiger partial charge in [-0.2, -0.15) is 5.10 Å². The summed E-state index contributed by atoms with van der Waals surface area (Å²) in [6.07, 6.45) is 3.32. The van der Waals surface area contributed by atoms with Gasteiger partial charge in [-0.1, -0.05) is 0 Å². The molecule has 2 aromatic rings. The smallest absolute Gasteiger partial charge is 0.272 e. The van der Waals surface area contributed by atoms with Crippen LogP contribution in [0, 0.1) is 25.7 Å². The highest BCUT2D eigenvalue weighted by Gasteiger charge is 2.42. The summed E-state index contributed by atoms with van der Waals surface area (Å²) in [4.78, 5) is 25.7. The zero-order valence-electron chi connectivity index (χ0n) is 14.3.